The molecule has 0 spiro atoms. The van der Waals surface area contributed by atoms with Crippen molar-refractivity contribution < 1.29 is 43.3 Å². The van der Waals surface area contributed by atoms with E-state index in [0.717, 1.165) is 157 Å². The van der Waals surface area contributed by atoms with Gasteiger partial charge in [0.15, 0.2) is 20.5 Å². The number of nitrogens with zero attached hydrogens (tertiary/aromatic N) is 10. The minimum absolute atomic E-state index is 0.0255. The monoisotopic (exact) mass is 1690 g/mol. The third-order valence-electron chi connectivity index (χ3n) is 22.4. The number of aliphatic hydroxyl groups excluding tert-OH is 1. The van der Waals surface area contributed by atoms with Gasteiger partial charge in [-0.3, -0.25) is 9.59 Å². The van der Waals surface area contributed by atoms with Gasteiger partial charge in [0.05, 0.1) is 87.0 Å². The maximum absolute atomic E-state index is 12.4. The number of ketones is 1. The molecule has 3 aromatic carbocycles. The van der Waals surface area contributed by atoms with Gasteiger partial charge in [-0.2, -0.15) is 9.59 Å². The van der Waals surface area contributed by atoms with Crippen LogP contribution in [-0.2, 0) is 102 Å². The number of imidazole rings is 3. The Balaban J connectivity index is 0.000000153. The van der Waals surface area contributed by atoms with Crippen molar-refractivity contribution in [2.75, 3.05) is 48.0 Å². The third kappa shape index (κ3) is 25.5. The second kappa shape index (κ2) is 38.2. The summed E-state index contributed by atoms with van der Waals surface area (Å²) in [5.41, 5.74) is 20.5. The van der Waals surface area contributed by atoms with Crippen molar-refractivity contribution >= 4 is 149 Å². The molecule has 7 aromatic heterocycles. The zero-order chi connectivity index (χ0) is 85.2. The molecular formula is C88H123N15O9S4Si. The number of ether oxygens (including phenoxy) is 1. The van der Waals surface area contributed by atoms with E-state index in [9.17, 15) is 14.4 Å². The highest BCUT2D eigenvalue weighted by Crippen LogP contribution is 2.44. The van der Waals surface area contributed by atoms with Crippen molar-refractivity contribution in [3.63, 3.8) is 0 Å². The summed E-state index contributed by atoms with van der Waals surface area (Å²) < 4.78 is 17.1. The fourth-order valence-corrected chi connectivity index (χ4v) is 20.9. The topological polar surface area (TPSA) is 323 Å². The summed E-state index contributed by atoms with van der Waals surface area (Å²) >= 11 is 6.84. The number of nitrogens with one attached hydrogen (secondary N) is 4. The van der Waals surface area contributed by atoms with Gasteiger partial charge in [-0.15, -0.1) is 45.3 Å². The van der Waals surface area contributed by atoms with Gasteiger partial charge in [0.2, 0.25) is 26.2 Å². The molecule has 29 heteroatoms. The number of carbonyl (C=O) groups is 3. The lowest BCUT2D eigenvalue weighted by molar-refractivity contribution is -0.191. The maximum atomic E-state index is 12.4. The first-order chi connectivity index (χ1) is 55.0. The lowest BCUT2D eigenvalue weighted by Crippen LogP contribution is -2.27. The number of aromatic carboxylic acids is 1. The van der Waals surface area contributed by atoms with Gasteiger partial charge in [-0.05, 0) is 221 Å². The minimum Gasteiger partial charge on any atom is -0.548 e. The molecule has 24 nitrogen and oxygen atoms in total. The highest BCUT2D eigenvalue weighted by atomic mass is 32.1. The lowest BCUT2D eigenvalue weighted by atomic mass is 9.77. The number of nitrogen functional groups attached to an aromatic ring is 1. The summed E-state index contributed by atoms with van der Waals surface area (Å²) in [7, 11) is 4.56. The van der Waals surface area contributed by atoms with Gasteiger partial charge >= 0.3 is 12.1 Å². The van der Waals surface area contributed by atoms with Crippen molar-refractivity contribution in [2.24, 2.45) is 53.6 Å². The molecule has 1 amide bonds. The quantitative estimate of drug-likeness (QED) is 0.0349. The van der Waals surface area contributed by atoms with Crippen LogP contribution >= 0.6 is 45.3 Å². The van der Waals surface area contributed by atoms with E-state index < -0.39 is 14.3 Å². The number of anilines is 7. The summed E-state index contributed by atoms with van der Waals surface area (Å²) in [6.07, 6.45) is 24.4. The Labute approximate surface area is 706 Å². The summed E-state index contributed by atoms with van der Waals surface area (Å²) in [5.74, 6) is 2.82. The Morgan fingerprint density at radius 2 is 0.906 bits per heavy atom. The molecule has 0 bridgehead atoms. The first-order valence-corrected chi connectivity index (χ1v) is 47.7. The van der Waals surface area contributed by atoms with Crippen LogP contribution in [0.3, 0.4) is 0 Å². The predicted octanol–water partition coefficient (Wildman–Crippen LogP) is 19.6. The van der Waals surface area contributed by atoms with Crippen molar-refractivity contribution in [1.82, 2.24) is 53.9 Å². The maximum Gasteiger partial charge on any atom is 0.373 e. The summed E-state index contributed by atoms with van der Waals surface area (Å²) in [6.45, 7) is 37.6. The number of aliphatic hydroxyl groups is 1. The molecule has 6 aliphatic carbocycles. The Hall–Kier alpha value is -8.54. The molecule has 117 heavy (non-hydrogen) atoms. The van der Waals surface area contributed by atoms with E-state index in [1.54, 1.807) is 75.7 Å². The lowest BCUT2D eigenvalue weighted by Gasteiger charge is -2.31. The smallest absolute Gasteiger partial charge is 0.373 e. The number of benzene rings is 3. The molecule has 10 aromatic rings. The molecule has 1 saturated carbocycles. The number of hydrogen-bond donors (Lipinski definition) is 7. The van der Waals surface area contributed by atoms with Crippen LogP contribution in [0.2, 0.25) is 19.6 Å². The number of carboxylic acids is 1. The van der Waals surface area contributed by atoms with Crippen molar-refractivity contribution in [2.45, 2.75) is 238 Å². The van der Waals surface area contributed by atoms with E-state index in [2.05, 4.69) is 177 Å². The number of hydrogen-bond acceptors (Lipinski definition) is 23. The second-order valence-corrected chi connectivity index (χ2v) is 46.1. The van der Waals surface area contributed by atoms with E-state index in [0.29, 0.717) is 74.4 Å². The first kappa shape index (κ1) is 90.8. The molecular weight excluding hydrogens is 1570 g/mol. The number of thiazole rings is 4. The van der Waals surface area contributed by atoms with Crippen molar-refractivity contribution in [1.29, 1.82) is 0 Å². The van der Waals surface area contributed by atoms with Crippen LogP contribution in [0.5, 0.6) is 0 Å². The molecule has 0 saturated heterocycles. The van der Waals surface area contributed by atoms with Crippen LogP contribution in [0.25, 0.3) is 33.1 Å². The summed E-state index contributed by atoms with van der Waals surface area (Å²) in [5, 5.41) is 34.2. The molecule has 8 N–H and O–H groups in total. The van der Waals surface area contributed by atoms with Crippen molar-refractivity contribution in [3.8, 4) is 0 Å². The summed E-state index contributed by atoms with van der Waals surface area (Å²) in [4.78, 5) is 88.7. The van der Waals surface area contributed by atoms with Gasteiger partial charge in [0.25, 0.3) is 5.91 Å². The van der Waals surface area contributed by atoms with Crippen LogP contribution in [0.4, 0.5) is 38.4 Å². The molecule has 7 heterocycles. The average Bonchev–Trinajstić information content (AvgIpc) is 1.66. The Bertz CT molecular complexity index is 5200. The number of allylic oxidation sites excluding steroid dienone is 2. The largest absolute Gasteiger partial charge is 0.548 e. The summed E-state index contributed by atoms with van der Waals surface area (Å²) in [6, 6.07) is 17.0. The molecule has 0 atom stereocenters. The van der Waals surface area contributed by atoms with Crippen LogP contribution < -0.4 is 27.0 Å². The number of nitrogens with two attached hydrogens (primary N) is 1. The number of aryl methyl sites for hydroxylation is 8. The fourth-order valence-electron chi connectivity index (χ4n) is 15.0. The third-order valence-corrected chi connectivity index (χ3v) is 27.3. The Kier molecular flexibility index (Phi) is 29.7. The van der Waals surface area contributed by atoms with E-state index in [1.165, 1.54) is 79.3 Å². The van der Waals surface area contributed by atoms with E-state index in [-0.39, 0.29) is 30.8 Å². The highest BCUT2D eigenvalue weighted by Gasteiger charge is 2.34. The molecule has 0 unspecified atom stereocenters. The zero-order valence-electron chi connectivity index (χ0n) is 72.2. The molecule has 6 aliphatic rings. The van der Waals surface area contributed by atoms with Crippen LogP contribution in [0.15, 0.2) is 66.4 Å². The number of carbonyl (C=O) groups excluding carboxylic acids is 4. The highest BCUT2D eigenvalue weighted by molar-refractivity contribution is 7.16. The fraction of sp³-hybridized carbons (Fsp3) is 0.557. The standard InChI is InChI=1S/C22H29N5O3S.C19H24N4S.C18H20N4O2S.C11H22OSi.C9H14N2S.C8H14O.CO2/c1-22(2)7-6-15-18(13-22)31-21(25-15)26-20-24-16-12-14(4-5-17(16)27(20)3)19(29)23-8-10-30-11-9-28;1-5-12-6-7-15-14(10-12)20-17(23(15)4)22-18-21-13-8-9-19(2,3)11-16(13)24-18;1-18(2)7-6-11-14(9-18)25-17(20-11)21-16-19-12-8-10(15(23)24)4-5-13(12)22(16)3;1-11(2)8-6-10(7-9-11)12-13(3,4)5;1-9(2)4-3-6-7(5-9)12-8(10)11-6;1-8(2)5-3-7(9)4-6-8;2-1-3/h4-5,12,28H,6-11,13H2,1-3H3,(H,23,29)(H,24,25,26);6-7,10H,5,8-9,11H2,1-4H3,(H,20,21,22);4-5,8H,6-7,9H2,1-3H3,(H,23,24)(H,19,20,21);6H,7-9H2,1-5H3;3-5H2,1-2H3,(H2,10,11);3-6H2,1-2H3;. The predicted molar refractivity (Wildman–Crippen MR) is 477 cm³/mol. The Morgan fingerprint density at radius 1 is 0.521 bits per heavy atom. The van der Waals surface area contributed by atoms with Gasteiger partial charge in [0.1, 0.15) is 5.78 Å². The number of amides is 1. The number of aromatic nitrogens is 10. The van der Waals surface area contributed by atoms with E-state index >= 15 is 0 Å². The Morgan fingerprint density at radius 3 is 1.30 bits per heavy atom. The number of fused-ring (bicyclic) bond motifs is 7. The molecule has 1 fully saturated rings. The molecule has 16 rings (SSSR count). The SMILES string of the molecule is CC1(C)CC=C(O[Si](C)(C)C)CC1.CC1(C)CCC(=O)CC1.CC1(C)CCc2nc(N)sc2C1.CCc1ccc2c(c1)nc(Nc1nc3c(s1)CC(C)(C)CC3)n2C.Cn1c(Nc2nc3c(s2)CC(C)(C)CC3)nc2cc(C(=O)NCCOCCO)ccc21.Cn1c(Nc2nc3c(s2)CC(C)(C)CC3)nc2cc(C(=O)O)ccc21.O=C=O. The number of carboxylic acid groups (broad SMARTS) is 1. The zero-order valence-corrected chi connectivity index (χ0v) is 76.4. The van der Waals surface area contributed by atoms with Crippen LogP contribution in [0.1, 0.15) is 229 Å². The van der Waals surface area contributed by atoms with Gasteiger partial charge < -0.3 is 60.1 Å². The second-order valence-electron chi connectivity index (χ2n) is 37.3. The average molecular weight is 1690 g/mol. The molecule has 0 radical (unpaired) electrons. The first-order valence-electron chi connectivity index (χ1n) is 41.0. The van der Waals surface area contributed by atoms with Gasteiger partial charge in [0, 0.05) is 72.0 Å². The number of Topliss-reactive ketones (excluding diaryl/α,β-unsaturated/α-hetero) is 1. The van der Waals surface area contributed by atoms with E-state index in [4.69, 9.17) is 59.6 Å². The molecule has 632 valence electrons. The van der Waals surface area contributed by atoms with Gasteiger partial charge in [-0.25, -0.2) is 39.7 Å². The van der Waals surface area contributed by atoms with E-state index in [1.807, 2.05) is 29.3 Å². The van der Waals surface area contributed by atoms with Crippen LogP contribution in [-0.4, -0.2) is 117 Å². The normalized spacial score (nSPS) is 17.4. The van der Waals surface area contributed by atoms with Crippen molar-refractivity contribution in [3.05, 3.63) is 125 Å². The number of rotatable bonds is 16. The minimum atomic E-state index is -1.36. The molecule has 0 aliphatic heterocycles. The van der Waals surface area contributed by atoms with Gasteiger partial charge in [-0.1, -0.05) is 96.1 Å². The van der Waals surface area contributed by atoms with Crippen LogP contribution in [0, 0.1) is 32.5 Å².